The molecule has 0 saturated carbocycles. The number of rotatable bonds is 2. The SMILES string of the molecule is O=C(Nc1ccc(Br)cc1)c1cc(I)ccc1I. The minimum absolute atomic E-state index is 0.0831. The summed E-state index contributed by atoms with van der Waals surface area (Å²) in [6.07, 6.45) is 0. The summed E-state index contributed by atoms with van der Waals surface area (Å²) in [6, 6.07) is 13.3. The Balaban J connectivity index is 2.21. The third kappa shape index (κ3) is 3.67. The lowest BCUT2D eigenvalue weighted by molar-refractivity contribution is 0.102. The Bertz CT molecular complexity index is 584. The molecule has 0 aliphatic heterocycles. The fourth-order valence-corrected chi connectivity index (χ4v) is 2.74. The van der Waals surface area contributed by atoms with Gasteiger partial charge in [-0.1, -0.05) is 15.9 Å². The van der Waals surface area contributed by atoms with E-state index in [1.165, 1.54) is 0 Å². The van der Waals surface area contributed by atoms with Crippen LogP contribution in [0.2, 0.25) is 0 Å². The number of anilines is 1. The van der Waals surface area contributed by atoms with Gasteiger partial charge in [-0.05, 0) is 87.6 Å². The lowest BCUT2D eigenvalue weighted by atomic mass is 10.2. The molecule has 1 amide bonds. The van der Waals surface area contributed by atoms with E-state index >= 15 is 0 Å². The number of hydrogen-bond donors (Lipinski definition) is 1. The van der Waals surface area contributed by atoms with Crippen molar-refractivity contribution in [3.05, 3.63) is 59.6 Å². The molecule has 0 atom stereocenters. The van der Waals surface area contributed by atoms with E-state index in [9.17, 15) is 4.79 Å². The van der Waals surface area contributed by atoms with Crippen molar-refractivity contribution in [3.8, 4) is 0 Å². The van der Waals surface area contributed by atoms with Gasteiger partial charge < -0.3 is 5.32 Å². The third-order valence-corrected chi connectivity index (χ3v) is 4.42. The van der Waals surface area contributed by atoms with Crippen molar-refractivity contribution in [1.29, 1.82) is 0 Å². The molecular formula is C13H8BrI2NO. The van der Waals surface area contributed by atoms with Crippen LogP contribution in [0, 0.1) is 7.14 Å². The first kappa shape index (κ1) is 14.3. The van der Waals surface area contributed by atoms with E-state index in [2.05, 4.69) is 66.4 Å². The molecule has 92 valence electrons. The summed E-state index contributed by atoms with van der Waals surface area (Å²) >= 11 is 7.73. The van der Waals surface area contributed by atoms with Gasteiger partial charge in [-0.2, -0.15) is 0 Å². The van der Waals surface area contributed by atoms with Crippen LogP contribution < -0.4 is 5.32 Å². The maximum atomic E-state index is 12.1. The van der Waals surface area contributed by atoms with Gasteiger partial charge in [0.15, 0.2) is 0 Å². The summed E-state index contributed by atoms with van der Waals surface area (Å²) < 4.78 is 2.99. The van der Waals surface area contributed by atoms with Crippen LogP contribution in [0.1, 0.15) is 10.4 Å². The molecule has 0 aliphatic rings. The summed E-state index contributed by atoms with van der Waals surface area (Å²) in [5.41, 5.74) is 1.49. The number of nitrogens with one attached hydrogen (secondary N) is 1. The van der Waals surface area contributed by atoms with Crippen LogP contribution in [0.3, 0.4) is 0 Å². The Labute approximate surface area is 141 Å². The average Bonchev–Trinajstić information content (AvgIpc) is 2.35. The van der Waals surface area contributed by atoms with Crippen molar-refractivity contribution in [3.63, 3.8) is 0 Å². The van der Waals surface area contributed by atoms with Gasteiger partial charge in [0.2, 0.25) is 0 Å². The van der Waals surface area contributed by atoms with Gasteiger partial charge in [0.05, 0.1) is 5.56 Å². The van der Waals surface area contributed by atoms with Gasteiger partial charge in [-0.15, -0.1) is 0 Å². The molecule has 0 aliphatic carbocycles. The summed E-state index contributed by atoms with van der Waals surface area (Å²) in [6.45, 7) is 0. The number of amides is 1. The van der Waals surface area contributed by atoms with E-state index in [4.69, 9.17) is 0 Å². The predicted octanol–water partition coefficient (Wildman–Crippen LogP) is 4.91. The second kappa shape index (κ2) is 6.33. The van der Waals surface area contributed by atoms with Gasteiger partial charge in [-0.25, -0.2) is 0 Å². The molecule has 2 aromatic rings. The summed E-state index contributed by atoms with van der Waals surface area (Å²) in [5.74, 6) is -0.0831. The van der Waals surface area contributed by atoms with Gasteiger partial charge in [0.25, 0.3) is 5.91 Å². The lowest BCUT2D eigenvalue weighted by Crippen LogP contribution is -2.13. The average molecular weight is 528 g/mol. The molecule has 0 fully saturated rings. The number of halogens is 3. The second-order valence-corrected chi connectivity index (χ2v) is 6.91. The number of hydrogen-bond acceptors (Lipinski definition) is 1. The van der Waals surface area contributed by atoms with E-state index in [-0.39, 0.29) is 5.91 Å². The summed E-state index contributed by atoms with van der Waals surface area (Å²) in [7, 11) is 0. The fourth-order valence-electron chi connectivity index (χ4n) is 1.40. The van der Waals surface area contributed by atoms with Crippen LogP contribution in [0.25, 0.3) is 0 Å². The third-order valence-electron chi connectivity index (χ3n) is 2.28. The highest BCUT2D eigenvalue weighted by Gasteiger charge is 2.10. The van der Waals surface area contributed by atoms with Crippen LogP contribution >= 0.6 is 61.1 Å². The zero-order chi connectivity index (χ0) is 13.1. The predicted molar refractivity (Wildman–Crippen MR) is 94.0 cm³/mol. The first-order chi connectivity index (χ1) is 8.56. The zero-order valence-corrected chi connectivity index (χ0v) is 15.0. The van der Waals surface area contributed by atoms with Gasteiger partial charge >= 0.3 is 0 Å². The highest BCUT2D eigenvalue weighted by molar-refractivity contribution is 14.1. The van der Waals surface area contributed by atoms with Crippen LogP contribution in [0.5, 0.6) is 0 Å². The molecule has 1 N–H and O–H groups in total. The fraction of sp³-hybridized carbons (Fsp3) is 0. The largest absolute Gasteiger partial charge is 0.322 e. The lowest BCUT2D eigenvalue weighted by Gasteiger charge is -2.07. The first-order valence-corrected chi connectivity index (χ1v) is 8.03. The molecule has 5 heteroatoms. The van der Waals surface area contributed by atoms with E-state index in [0.717, 1.165) is 17.3 Å². The molecule has 0 heterocycles. The molecule has 0 saturated heterocycles. The molecule has 0 radical (unpaired) electrons. The molecular weight excluding hydrogens is 520 g/mol. The molecule has 0 bridgehead atoms. The molecule has 0 spiro atoms. The number of benzene rings is 2. The van der Waals surface area contributed by atoms with Gasteiger partial charge in [-0.3, -0.25) is 4.79 Å². The molecule has 2 aromatic carbocycles. The zero-order valence-electron chi connectivity index (χ0n) is 9.08. The first-order valence-electron chi connectivity index (χ1n) is 5.08. The van der Waals surface area contributed by atoms with Crippen LogP contribution in [-0.4, -0.2) is 5.91 Å². The molecule has 2 rings (SSSR count). The van der Waals surface area contributed by atoms with E-state index in [1.54, 1.807) is 0 Å². The Morgan fingerprint density at radius 2 is 1.72 bits per heavy atom. The molecule has 2 nitrogen and oxygen atoms in total. The highest BCUT2D eigenvalue weighted by atomic mass is 127. The summed E-state index contributed by atoms with van der Waals surface area (Å²) in [4.78, 5) is 12.1. The smallest absolute Gasteiger partial charge is 0.256 e. The maximum absolute atomic E-state index is 12.1. The van der Waals surface area contributed by atoms with Crippen LogP contribution in [0.4, 0.5) is 5.69 Å². The van der Waals surface area contributed by atoms with E-state index in [0.29, 0.717) is 5.56 Å². The van der Waals surface area contributed by atoms with Crippen LogP contribution in [-0.2, 0) is 0 Å². The monoisotopic (exact) mass is 527 g/mol. The van der Waals surface area contributed by atoms with E-state index < -0.39 is 0 Å². The molecule has 0 aromatic heterocycles. The maximum Gasteiger partial charge on any atom is 0.256 e. The van der Waals surface area contributed by atoms with Crippen molar-refractivity contribution in [1.82, 2.24) is 0 Å². The summed E-state index contributed by atoms with van der Waals surface area (Å²) in [5, 5.41) is 2.89. The van der Waals surface area contributed by atoms with Crippen molar-refractivity contribution in [2.45, 2.75) is 0 Å². The second-order valence-electron chi connectivity index (χ2n) is 3.59. The molecule has 18 heavy (non-hydrogen) atoms. The highest BCUT2D eigenvalue weighted by Crippen LogP contribution is 2.19. The Hall–Kier alpha value is -0.150. The van der Waals surface area contributed by atoms with Crippen molar-refractivity contribution in [2.24, 2.45) is 0 Å². The van der Waals surface area contributed by atoms with Crippen LogP contribution in [0.15, 0.2) is 46.9 Å². The number of carbonyl (C=O) groups excluding carboxylic acids is 1. The standard InChI is InChI=1S/C13H8BrI2NO/c14-8-1-4-10(5-2-8)17-13(18)11-7-9(15)3-6-12(11)16/h1-7H,(H,17,18). The van der Waals surface area contributed by atoms with Crippen molar-refractivity contribution in [2.75, 3.05) is 5.32 Å². The minimum Gasteiger partial charge on any atom is -0.322 e. The Morgan fingerprint density at radius 3 is 2.39 bits per heavy atom. The quantitative estimate of drug-likeness (QED) is 0.553. The van der Waals surface area contributed by atoms with Crippen molar-refractivity contribution < 1.29 is 4.79 Å². The van der Waals surface area contributed by atoms with Crippen molar-refractivity contribution >= 4 is 72.7 Å². The van der Waals surface area contributed by atoms with Gasteiger partial charge in [0, 0.05) is 17.3 Å². The minimum atomic E-state index is -0.0831. The normalized spacial score (nSPS) is 10.2. The topological polar surface area (TPSA) is 29.1 Å². The Morgan fingerprint density at radius 1 is 1.06 bits per heavy atom. The van der Waals surface area contributed by atoms with E-state index in [1.807, 2.05) is 42.5 Å². The Kier molecular flexibility index (Phi) is 5.02. The number of carbonyl (C=O) groups is 1. The van der Waals surface area contributed by atoms with Gasteiger partial charge in [0.1, 0.15) is 0 Å². The molecule has 0 unspecified atom stereocenters.